The second-order valence-corrected chi connectivity index (χ2v) is 3.50. The number of hydrogen-bond acceptors (Lipinski definition) is 3. The fourth-order valence-corrected chi connectivity index (χ4v) is 1.46. The van der Waals surface area contributed by atoms with Crippen molar-refractivity contribution >= 4 is 11.6 Å². The zero-order valence-electron chi connectivity index (χ0n) is 9.30. The number of halogens is 1. The van der Waals surface area contributed by atoms with Gasteiger partial charge in [0.1, 0.15) is 12.1 Å². The van der Waals surface area contributed by atoms with E-state index in [-0.39, 0.29) is 6.42 Å². The normalized spacial score (nSPS) is 9.78. The highest BCUT2D eigenvalue weighted by molar-refractivity contribution is 5.92. The van der Waals surface area contributed by atoms with E-state index in [9.17, 15) is 9.18 Å². The van der Waals surface area contributed by atoms with Gasteiger partial charge in [0.05, 0.1) is 6.07 Å². The summed E-state index contributed by atoms with van der Waals surface area (Å²) >= 11 is 0. The fourth-order valence-electron chi connectivity index (χ4n) is 1.46. The predicted octanol–water partition coefficient (Wildman–Crippen LogP) is 1.86. The summed E-state index contributed by atoms with van der Waals surface area (Å²) in [6, 6.07) is 7.64. The lowest BCUT2D eigenvalue weighted by Crippen LogP contribution is -2.10. The molecule has 90 valence electrons. The number of nitriles is 1. The van der Waals surface area contributed by atoms with Gasteiger partial charge < -0.3 is 5.32 Å². The van der Waals surface area contributed by atoms with Crippen LogP contribution in [0.5, 0.6) is 0 Å². The number of amides is 1. The van der Waals surface area contributed by atoms with Gasteiger partial charge in [0.25, 0.3) is 0 Å². The van der Waals surface area contributed by atoms with Gasteiger partial charge in [-0.25, -0.2) is 9.07 Å². The zero-order chi connectivity index (χ0) is 13.0. The average molecular weight is 244 g/mol. The number of benzene rings is 1. The molecule has 1 aromatic heterocycles. The predicted molar refractivity (Wildman–Crippen MR) is 62.4 cm³/mol. The van der Waals surface area contributed by atoms with E-state index in [4.69, 9.17) is 5.26 Å². The van der Waals surface area contributed by atoms with Crippen molar-refractivity contribution in [2.45, 2.75) is 6.42 Å². The first kappa shape index (κ1) is 11.8. The Morgan fingerprint density at radius 3 is 3.00 bits per heavy atom. The van der Waals surface area contributed by atoms with Crippen molar-refractivity contribution in [3.63, 3.8) is 0 Å². The lowest BCUT2D eigenvalue weighted by atomic mass is 10.2. The molecule has 0 aliphatic rings. The van der Waals surface area contributed by atoms with E-state index in [1.807, 2.05) is 0 Å². The molecular formula is C12H9FN4O. The van der Waals surface area contributed by atoms with Crippen molar-refractivity contribution in [1.82, 2.24) is 9.78 Å². The molecule has 1 amide bonds. The van der Waals surface area contributed by atoms with E-state index >= 15 is 0 Å². The van der Waals surface area contributed by atoms with Crippen LogP contribution in [0.15, 0.2) is 36.7 Å². The summed E-state index contributed by atoms with van der Waals surface area (Å²) < 4.78 is 15.2. The number of hydrogen-bond donors (Lipinski definition) is 1. The summed E-state index contributed by atoms with van der Waals surface area (Å²) in [7, 11) is 0. The number of nitrogens with one attached hydrogen (secondary N) is 1. The monoisotopic (exact) mass is 244 g/mol. The number of rotatable bonds is 3. The van der Waals surface area contributed by atoms with Crippen LogP contribution in [0.1, 0.15) is 6.42 Å². The highest BCUT2D eigenvalue weighted by atomic mass is 19.1. The van der Waals surface area contributed by atoms with Crippen LogP contribution in [-0.4, -0.2) is 15.7 Å². The fraction of sp³-hybridized carbons (Fsp3) is 0.0833. The molecule has 0 aliphatic heterocycles. The zero-order valence-corrected chi connectivity index (χ0v) is 9.30. The van der Waals surface area contributed by atoms with E-state index in [0.717, 1.165) is 0 Å². The first-order valence-electron chi connectivity index (χ1n) is 5.17. The molecule has 0 saturated carbocycles. The molecule has 0 spiro atoms. The van der Waals surface area contributed by atoms with Crippen LogP contribution in [-0.2, 0) is 4.79 Å². The highest BCUT2D eigenvalue weighted by Gasteiger charge is 2.07. The van der Waals surface area contributed by atoms with Gasteiger partial charge >= 0.3 is 0 Å². The summed E-state index contributed by atoms with van der Waals surface area (Å²) in [5.41, 5.74) is 0.599. The van der Waals surface area contributed by atoms with Crippen LogP contribution in [0.3, 0.4) is 0 Å². The van der Waals surface area contributed by atoms with Gasteiger partial charge in [-0.15, -0.1) is 0 Å². The second kappa shape index (κ2) is 5.10. The smallest absolute Gasteiger partial charge is 0.238 e. The van der Waals surface area contributed by atoms with E-state index in [0.29, 0.717) is 11.4 Å². The molecule has 1 N–H and O–H groups in total. The van der Waals surface area contributed by atoms with Gasteiger partial charge in [-0.2, -0.15) is 10.4 Å². The third-order valence-electron chi connectivity index (χ3n) is 2.22. The van der Waals surface area contributed by atoms with Gasteiger partial charge in [0.15, 0.2) is 5.82 Å². The first-order valence-corrected chi connectivity index (χ1v) is 5.17. The van der Waals surface area contributed by atoms with Gasteiger partial charge in [-0.05, 0) is 24.3 Å². The van der Waals surface area contributed by atoms with Crippen molar-refractivity contribution in [2.75, 3.05) is 5.32 Å². The van der Waals surface area contributed by atoms with Crippen molar-refractivity contribution in [2.24, 2.45) is 0 Å². The van der Waals surface area contributed by atoms with Crippen LogP contribution in [0, 0.1) is 17.1 Å². The summed E-state index contributed by atoms with van der Waals surface area (Å²) in [6.07, 6.45) is 2.90. The molecule has 0 atom stereocenters. The van der Waals surface area contributed by atoms with Crippen molar-refractivity contribution < 1.29 is 9.18 Å². The molecule has 6 heteroatoms. The Labute approximate surface area is 102 Å². The quantitative estimate of drug-likeness (QED) is 0.895. The maximum Gasteiger partial charge on any atom is 0.238 e. The number of nitrogens with zero attached hydrogens (tertiary/aromatic N) is 3. The Morgan fingerprint density at radius 1 is 1.56 bits per heavy atom. The number of aromatic nitrogens is 2. The van der Waals surface area contributed by atoms with E-state index in [2.05, 4.69) is 10.4 Å². The molecule has 0 saturated heterocycles. The highest BCUT2D eigenvalue weighted by Crippen LogP contribution is 2.17. The lowest BCUT2D eigenvalue weighted by molar-refractivity contribution is -0.115. The number of carbonyl (C=O) groups is 1. The summed E-state index contributed by atoms with van der Waals surface area (Å²) in [6.45, 7) is 0. The molecule has 0 bridgehead atoms. The molecule has 0 fully saturated rings. The molecule has 2 aromatic rings. The van der Waals surface area contributed by atoms with Gasteiger partial charge in [0.2, 0.25) is 5.91 Å². The Hall–Kier alpha value is -2.68. The molecule has 1 aromatic carbocycles. The number of anilines is 1. The Bertz CT molecular complexity index is 601. The van der Waals surface area contributed by atoms with E-state index in [1.165, 1.54) is 16.8 Å². The van der Waals surface area contributed by atoms with E-state index in [1.54, 1.807) is 30.6 Å². The van der Waals surface area contributed by atoms with Crippen LogP contribution < -0.4 is 5.32 Å². The summed E-state index contributed by atoms with van der Waals surface area (Å²) in [4.78, 5) is 11.2. The van der Waals surface area contributed by atoms with Crippen molar-refractivity contribution in [3.8, 4) is 11.8 Å². The van der Waals surface area contributed by atoms with E-state index < -0.39 is 11.7 Å². The number of carbonyl (C=O) groups excluding carboxylic acids is 1. The molecular weight excluding hydrogens is 235 g/mol. The maximum absolute atomic E-state index is 13.8. The van der Waals surface area contributed by atoms with Crippen LogP contribution in [0.2, 0.25) is 0 Å². The minimum Gasteiger partial charge on any atom is -0.325 e. The first-order chi connectivity index (χ1) is 8.70. The topological polar surface area (TPSA) is 70.7 Å². The van der Waals surface area contributed by atoms with Crippen molar-refractivity contribution in [3.05, 3.63) is 42.5 Å². The molecule has 1 heterocycles. The van der Waals surface area contributed by atoms with Gasteiger partial charge in [-0.3, -0.25) is 4.79 Å². The average Bonchev–Trinajstić information content (AvgIpc) is 2.82. The maximum atomic E-state index is 13.8. The lowest BCUT2D eigenvalue weighted by Gasteiger charge is -2.06. The minimum atomic E-state index is -0.506. The van der Waals surface area contributed by atoms with Gasteiger partial charge in [0, 0.05) is 18.1 Å². The second-order valence-electron chi connectivity index (χ2n) is 3.50. The van der Waals surface area contributed by atoms with Gasteiger partial charge in [-0.1, -0.05) is 0 Å². The largest absolute Gasteiger partial charge is 0.325 e. The van der Waals surface area contributed by atoms with Crippen LogP contribution in [0.4, 0.5) is 10.1 Å². The molecule has 0 radical (unpaired) electrons. The third-order valence-corrected chi connectivity index (χ3v) is 2.22. The molecule has 5 nitrogen and oxygen atoms in total. The molecule has 0 aliphatic carbocycles. The standard InChI is InChI=1S/C12H9FN4O/c13-10-8-9(16-12(18)4-5-14)2-3-11(10)17-7-1-6-15-17/h1-3,6-8H,4H2,(H,16,18). The Kier molecular flexibility index (Phi) is 3.34. The molecule has 2 rings (SSSR count). The SMILES string of the molecule is N#CCC(=O)Nc1ccc(-n2cccn2)c(F)c1. The molecule has 0 unspecified atom stereocenters. The van der Waals surface area contributed by atoms with Crippen molar-refractivity contribution in [1.29, 1.82) is 5.26 Å². The Morgan fingerprint density at radius 2 is 2.39 bits per heavy atom. The Balaban J connectivity index is 2.21. The minimum absolute atomic E-state index is 0.261. The summed E-state index contributed by atoms with van der Waals surface area (Å²) in [5.74, 6) is -0.975. The summed E-state index contributed by atoms with van der Waals surface area (Å²) in [5, 5.41) is 14.7. The molecule has 18 heavy (non-hydrogen) atoms. The van der Waals surface area contributed by atoms with Crippen LogP contribution >= 0.6 is 0 Å². The third kappa shape index (κ3) is 2.52. The van der Waals surface area contributed by atoms with Crippen LogP contribution in [0.25, 0.3) is 5.69 Å².